The lowest BCUT2D eigenvalue weighted by Gasteiger charge is -2.33. The van der Waals surface area contributed by atoms with E-state index >= 15 is 0 Å². The third kappa shape index (κ3) is 8.96. The molecule has 0 N–H and O–H groups in total. The van der Waals surface area contributed by atoms with Crippen molar-refractivity contribution in [3.05, 3.63) is 193 Å². The zero-order valence-electron chi connectivity index (χ0n) is 39.8. The standard InChI is InChI=1S/C64H60N4/c1-5-7-9-19-31-64(32-20-10-8-6-2)59-42-54-36-49(29-30-50(54)40-57(59)58-41-53-34-47-27-17-18-28-48(47)35-55(53)43-60(58)64)52-37-51(44(3)22-21-33-65-4)38-56(39-52)63-67-61(45-23-13-11-14-24-45)66-62(68-63)46-25-15-12-16-26-46/h11-18,21-30,33-43H,4-10,19-20,31-32H2,1-3H3/b33-21-,44-22+. The van der Waals surface area contributed by atoms with E-state index in [9.17, 15) is 0 Å². The summed E-state index contributed by atoms with van der Waals surface area (Å²) >= 11 is 0. The molecule has 1 heterocycles. The molecule has 1 aromatic heterocycles. The molecule has 0 atom stereocenters. The van der Waals surface area contributed by atoms with E-state index in [2.05, 4.69) is 160 Å². The first-order chi connectivity index (χ1) is 33.4. The summed E-state index contributed by atoms with van der Waals surface area (Å²) in [6, 6.07) is 58.0. The minimum atomic E-state index is -0.0510. The van der Waals surface area contributed by atoms with Crippen molar-refractivity contribution < 1.29 is 0 Å². The van der Waals surface area contributed by atoms with Gasteiger partial charge < -0.3 is 0 Å². The zero-order valence-corrected chi connectivity index (χ0v) is 39.8. The Balaban J connectivity index is 1.15. The lowest BCUT2D eigenvalue weighted by atomic mass is 9.70. The van der Waals surface area contributed by atoms with Crippen LogP contribution in [0.1, 0.15) is 102 Å². The summed E-state index contributed by atoms with van der Waals surface area (Å²) in [4.78, 5) is 19.3. The van der Waals surface area contributed by atoms with Crippen molar-refractivity contribution in [3.63, 3.8) is 0 Å². The monoisotopic (exact) mass is 884 g/mol. The van der Waals surface area contributed by atoms with E-state index in [1.54, 1.807) is 6.20 Å². The number of benzene rings is 8. The fourth-order valence-electron chi connectivity index (χ4n) is 10.7. The fourth-order valence-corrected chi connectivity index (χ4v) is 10.7. The van der Waals surface area contributed by atoms with Crippen LogP contribution in [0.4, 0.5) is 0 Å². The Hall–Kier alpha value is -7.30. The highest BCUT2D eigenvalue weighted by Gasteiger charge is 2.42. The molecule has 0 radical (unpaired) electrons. The van der Waals surface area contributed by atoms with Gasteiger partial charge in [-0.3, -0.25) is 4.99 Å². The van der Waals surface area contributed by atoms with Crippen molar-refractivity contribution in [1.29, 1.82) is 0 Å². The normalized spacial score (nSPS) is 13.1. The van der Waals surface area contributed by atoms with Crippen LogP contribution in [-0.2, 0) is 5.41 Å². The van der Waals surface area contributed by atoms with Crippen molar-refractivity contribution in [1.82, 2.24) is 15.0 Å². The van der Waals surface area contributed by atoms with Gasteiger partial charge in [0.25, 0.3) is 0 Å². The molecule has 4 nitrogen and oxygen atoms in total. The van der Waals surface area contributed by atoms with E-state index in [4.69, 9.17) is 15.0 Å². The van der Waals surface area contributed by atoms with Crippen LogP contribution in [0, 0.1) is 0 Å². The summed E-state index contributed by atoms with van der Waals surface area (Å²) in [7, 11) is 0. The molecule has 68 heavy (non-hydrogen) atoms. The molecule has 10 rings (SSSR count). The molecule has 0 unspecified atom stereocenters. The molecule has 0 saturated carbocycles. The Labute approximate surface area is 402 Å². The maximum atomic E-state index is 5.16. The van der Waals surface area contributed by atoms with Crippen molar-refractivity contribution in [2.45, 2.75) is 90.4 Å². The van der Waals surface area contributed by atoms with Gasteiger partial charge in [-0.15, -0.1) is 0 Å². The van der Waals surface area contributed by atoms with E-state index < -0.39 is 0 Å². The van der Waals surface area contributed by atoms with Crippen LogP contribution in [0.2, 0.25) is 0 Å². The lowest BCUT2D eigenvalue weighted by Crippen LogP contribution is -2.25. The highest BCUT2D eigenvalue weighted by molar-refractivity contribution is 6.03. The molecular weight excluding hydrogens is 825 g/mol. The third-order valence-electron chi connectivity index (χ3n) is 14.3. The number of allylic oxidation sites excluding steroid dienone is 3. The quantitative estimate of drug-likeness (QED) is 0.0396. The first kappa shape index (κ1) is 44.5. The number of rotatable bonds is 17. The summed E-state index contributed by atoms with van der Waals surface area (Å²) in [5.74, 6) is 1.91. The number of fused-ring (bicyclic) bond motifs is 6. The van der Waals surface area contributed by atoms with Crippen LogP contribution >= 0.6 is 0 Å². The molecular formula is C64H60N4. The number of hydrogen-bond donors (Lipinski definition) is 0. The average Bonchev–Trinajstić information content (AvgIpc) is 3.63. The number of nitrogens with zero attached hydrogens (tertiary/aromatic N) is 4. The Morgan fingerprint density at radius 2 is 0.971 bits per heavy atom. The molecule has 0 fully saturated rings. The Morgan fingerprint density at radius 3 is 1.54 bits per heavy atom. The smallest absolute Gasteiger partial charge is 0.164 e. The van der Waals surface area contributed by atoms with Gasteiger partial charge in [0.15, 0.2) is 17.5 Å². The van der Waals surface area contributed by atoms with E-state index in [1.165, 1.54) is 106 Å². The van der Waals surface area contributed by atoms with Crippen LogP contribution in [0.5, 0.6) is 0 Å². The van der Waals surface area contributed by atoms with Crippen molar-refractivity contribution >= 4 is 44.6 Å². The average molecular weight is 885 g/mol. The minimum absolute atomic E-state index is 0.0510. The predicted molar refractivity (Wildman–Crippen MR) is 290 cm³/mol. The second kappa shape index (κ2) is 19.9. The Morgan fingerprint density at radius 1 is 0.471 bits per heavy atom. The van der Waals surface area contributed by atoms with Gasteiger partial charge in [-0.25, -0.2) is 15.0 Å². The summed E-state index contributed by atoms with van der Waals surface area (Å²) in [6.45, 7) is 10.4. The number of unbranched alkanes of at least 4 members (excludes halogenated alkanes) is 6. The summed E-state index contributed by atoms with van der Waals surface area (Å²) in [5, 5.41) is 7.79. The maximum absolute atomic E-state index is 5.16. The topological polar surface area (TPSA) is 51.0 Å². The Bertz CT molecular complexity index is 3270. The van der Waals surface area contributed by atoms with E-state index in [0.717, 1.165) is 51.8 Å². The van der Waals surface area contributed by atoms with Gasteiger partial charge in [0.2, 0.25) is 0 Å². The van der Waals surface area contributed by atoms with Crippen LogP contribution < -0.4 is 0 Å². The molecule has 0 spiro atoms. The van der Waals surface area contributed by atoms with Crippen LogP contribution in [-0.4, -0.2) is 21.7 Å². The number of hydrogen-bond acceptors (Lipinski definition) is 4. The predicted octanol–water partition coefficient (Wildman–Crippen LogP) is 17.8. The van der Waals surface area contributed by atoms with Gasteiger partial charge in [-0.2, -0.15) is 0 Å². The molecule has 9 aromatic rings. The molecule has 0 saturated heterocycles. The maximum Gasteiger partial charge on any atom is 0.164 e. The van der Waals surface area contributed by atoms with E-state index in [1.807, 2.05) is 42.5 Å². The highest BCUT2D eigenvalue weighted by atomic mass is 15.0. The second-order valence-corrected chi connectivity index (χ2v) is 18.8. The van der Waals surface area contributed by atoms with Crippen molar-refractivity contribution in [2.24, 2.45) is 4.99 Å². The zero-order chi connectivity index (χ0) is 46.5. The second-order valence-electron chi connectivity index (χ2n) is 18.8. The highest BCUT2D eigenvalue weighted by Crippen LogP contribution is 2.56. The van der Waals surface area contributed by atoms with Gasteiger partial charge in [0.05, 0.1) is 0 Å². The van der Waals surface area contributed by atoms with Gasteiger partial charge >= 0.3 is 0 Å². The largest absolute Gasteiger partial charge is 0.273 e. The first-order valence-corrected chi connectivity index (χ1v) is 24.8. The lowest BCUT2D eigenvalue weighted by molar-refractivity contribution is 0.401. The minimum Gasteiger partial charge on any atom is -0.273 e. The van der Waals surface area contributed by atoms with E-state index in [0.29, 0.717) is 17.5 Å². The van der Waals surface area contributed by atoms with Gasteiger partial charge in [-0.05, 0) is 170 Å². The molecule has 8 aromatic carbocycles. The molecule has 336 valence electrons. The van der Waals surface area contributed by atoms with Gasteiger partial charge in [0, 0.05) is 28.3 Å². The molecule has 0 amide bonds. The Kier molecular flexibility index (Phi) is 13.0. The van der Waals surface area contributed by atoms with Crippen LogP contribution in [0.25, 0.3) is 94.3 Å². The summed E-state index contributed by atoms with van der Waals surface area (Å²) in [5.41, 5.74) is 13.1. The number of aromatic nitrogens is 3. The molecule has 0 bridgehead atoms. The third-order valence-corrected chi connectivity index (χ3v) is 14.3. The summed E-state index contributed by atoms with van der Waals surface area (Å²) in [6.07, 6.45) is 18.1. The molecule has 4 heteroatoms. The van der Waals surface area contributed by atoms with Crippen molar-refractivity contribution in [2.75, 3.05) is 0 Å². The molecule has 0 aliphatic heterocycles. The molecule has 1 aliphatic rings. The van der Waals surface area contributed by atoms with Crippen LogP contribution in [0.15, 0.2) is 181 Å². The summed E-state index contributed by atoms with van der Waals surface area (Å²) < 4.78 is 0. The fraction of sp³-hybridized carbons (Fsp3) is 0.219. The van der Waals surface area contributed by atoms with Crippen LogP contribution in [0.3, 0.4) is 0 Å². The molecule has 1 aliphatic carbocycles. The first-order valence-electron chi connectivity index (χ1n) is 24.8. The number of aliphatic imine (C=N–C) groups is 1. The van der Waals surface area contributed by atoms with Gasteiger partial charge in [0.1, 0.15) is 0 Å². The van der Waals surface area contributed by atoms with E-state index in [-0.39, 0.29) is 5.41 Å². The van der Waals surface area contributed by atoms with Gasteiger partial charge in [-0.1, -0.05) is 168 Å². The SMILES string of the molecule is C=N/C=C\C=C(/C)c1cc(-c2ccc3cc4c(cc3c2)C(CCCCCC)(CCCCCC)c2cc3cc5ccccc5cc3cc2-4)cc(-c2nc(-c3ccccc3)nc(-c3ccccc3)n2)c1. The van der Waals surface area contributed by atoms with Crippen molar-refractivity contribution in [3.8, 4) is 56.4 Å².